The summed E-state index contributed by atoms with van der Waals surface area (Å²) in [6, 6.07) is 8.03. The first-order valence-corrected chi connectivity index (χ1v) is 14.0. The summed E-state index contributed by atoms with van der Waals surface area (Å²) in [5, 5.41) is 10.1. The summed E-state index contributed by atoms with van der Waals surface area (Å²) in [6.07, 6.45) is 6.35. The molecule has 1 N–H and O–H groups in total. The first-order chi connectivity index (χ1) is 18.7. The lowest BCUT2D eigenvalue weighted by Crippen LogP contribution is -2.58. The highest BCUT2D eigenvalue weighted by Crippen LogP contribution is 2.65. The number of hydrogen-bond donors (Lipinski definition) is 1. The van der Waals surface area contributed by atoms with E-state index in [-0.39, 0.29) is 37.5 Å². The zero-order valence-electron chi connectivity index (χ0n) is 23.4. The third-order valence-electron chi connectivity index (χ3n) is 8.90. The summed E-state index contributed by atoms with van der Waals surface area (Å²) in [4.78, 5) is 45.2. The van der Waals surface area contributed by atoms with Crippen molar-refractivity contribution in [3.63, 3.8) is 0 Å². The van der Waals surface area contributed by atoms with Crippen molar-refractivity contribution in [3.8, 4) is 0 Å². The quantitative estimate of drug-likeness (QED) is 0.235. The smallest absolute Gasteiger partial charge is 0.312 e. The van der Waals surface area contributed by atoms with E-state index in [4.69, 9.17) is 9.47 Å². The van der Waals surface area contributed by atoms with Crippen LogP contribution >= 0.6 is 0 Å². The number of ether oxygens (including phenoxy) is 2. The van der Waals surface area contributed by atoms with Crippen molar-refractivity contribution in [2.45, 2.75) is 76.3 Å². The van der Waals surface area contributed by atoms with Gasteiger partial charge in [0.1, 0.15) is 17.6 Å². The largest absolute Gasteiger partial charge is 0.465 e. The maximum atomic E-state index is 14.4. The molecule has 3 unspecified atom stereocenters. The molecule has 0 saturated carbocycles. The van der Waals surface area contributed by atoms with E-state index in [0.717, 1.165) is 18.4 Å². The fourth-order valence-corrected chi connectivity index (χ4v) is 6.89. The van der Waals surface area contributed by atoms with Crippen LogP contribution in [-0.4, -0.2) is 75.7 Å². The number of hydrogen-bond acceptors (Lipinski definition) is 6. The molecule has 1 spiro atoms. The number of aliphatic hydroxyl groups is 1. The van der Waals surface area contributed by atoms with Crippen molar-refractivity contribution in [3.05, 3.63) is 61.2 Å². The van der Waals surface area contributed by atoms with Crippen molar-refractivity contribution in [2.24, 2.45) is 17.8 Å². The summed E-state index contributed by atoms with van der Waals surface area (Å²) >= 11 is 0. The number of carbonyl (C=O) groups is 3. The second-order valence-corrected chi connectivity index (χ2v) is 11.4. The lowest BCUT2D eigenvalue weighted by atomic mass is 9.62. The van der Waals surface area contributed by atoms with Gasteiger partial charge in [0.2, 0.25) is 11.8 Å². The Morgan fingerprint density at radius 3 is 2.62 bits per heavy atom. The van der Waals surface area contributed by atoms with Gasteiger partial charge in [0.25, 0.3) is 0 Å². The third kappa shape index (κ3) is 4.93. The summed E-state index contributed by atoms with van der Waals surface area (Å²) in [5.74, 6) is -2.84. The Bertz CT molecular complexity index is 1090. The molecule has 8 heteroatoms. The maximum absolute atomic E-state index is 14.4. The minimum Gasteiger partial charge on any atom is -0.465 e. The summed E-state index contributed by atoms with van der Waals surface area (Å²) < 4.78 is 12.4. The monoisotopic (exact) mass is 538 g/mol. The Kier molecular flexibility index (Phi) is 8.66. The zero-order chi connectivity index (χ0) is 28.4. The Hall–Kier alpha value is -2.97. The molecule has 8 nitrogen and oxygen atoms in total. The fraction of sp³-hybridized carbons (Fsp3) is 0.581. The number of rotatable bonds is 13. The first kappa shape index (κ1) is 29.0. The molecule has 2 amide bonds. The predicted molar refractivity (Wildman–Crippen MR) is 147 cm³/mol. The number of aliphatic hydroxyl groups excluding tert-OH is 1. The van der Waals surface area contributed by atoms with E-state index in [1.807, 2.05) is 50.3 Å². The highest BCUT2D eigenvalue weighted by molar-refractivity contribution is 5.98. The van der Waals surface area contributed by atoms with Crippen LogP contribution in [0.25, 0.3) is 0 Å². The number of esters is 1. The summed E-state index contributed by atoms with van der Waals surface area (Å²) in [5.41, 5.74) is -1.18. The average Bonchev–Trinajstić information content (AvgIpc) is 3.44. The van der Waals surface area contributed by atoms with Crippen molar-refractivity contribution >= 4 is 17.8 Å². The van der Waals surface area contributed by atoms with Gasteiger partial charge >= 0.3 is 5.97 Å². The number of amides is 2. The van der Waals surface area contributed by atoms with Crippen LogP contribution < -0.4 is 0 Å². The normalized spacial score (nSPS) is 31.6. The number of carbonyl (C=O) groups excluding carboxylic acids is 3. The molecule has 3 aliphatic rings. The van der Waals surface area contributed by atoms with Gasteiger partial charge in [0, 0.05) is 13.1 Å². The van der Waals surface area contributed by atoms with Crippen molar-refractivity contribution < 1.29 is 29.0 Å². The van der Waals surface area contributed by atoms with Crippen LogP contribution in [0.5, 0.6) is 0 Å². The number of unbranched alkanes of at least 4 members (excludes halogenated alkanes) is 2. The van der Waals surface area contributed by atoms with Crippen LogP contribution in [0.2, 0.25) is 0 Å². The highest BCUT2D eigenvalue weighted by Gasteiger charge is 2.80. The lowest BCUT2D eigenvalue weighted by molar-refractivity contribution is -0.163. The SMILES string of the molecule is C=CCCCCOC(=O)[C@H]1[C@H]2C(=O)N([C@H](C)CO)C(C(=O)N(CC=C)Cc3ccccc3)C23CC(C)[C@]1(C)O3. The van der Waals surface area contributed by atoms with Gasteiger partial charge in [0.15, 0.2) is 0 Å². The number of fused-ring (bicyclic) bond motifs is 1. The minimum absolute atomic E-state index is 0.0819. The standard InChI is InChI=1S/C31H42N2O6/c1-6-8-9-13-17-38-29(37)25-24-27(35)33(22(4)20-34)26(31(24)18-21(3)30(25,5)39-31)28(36)32(16-7-2)19-23-14-11-10-12-15-23/h6-7,10-12,14-15,21-22,24-26,34H,1-2,8-9,13,16-20H2,3-5H3/t21?,22-,24+,25-,26?,30+,31?/m1/s1. The second-order valence-electron chi connectivity index (χ2n) is 11.4. The third-order valence-corrected chi connectivity index (χ3v) is 8.90. The summed E-state index contributed by atoms with van der Waals surface area (Å²) in [6.45, 7) is 13.7. The molecule has 0 radical (unpaired) electrons. The van der Waals surface area contributed by atoms with Gasteiger partial charge in [-0.05, 0) is 51.0 Å². The number of benzene rings is 1. The van der Waals surface area contributed by atoms with E-state index < -0.39 is 41.1 Å². The number of nitrogens with zero attached hydrogens (tertiary/aromatic N) is 2. The van der Waals surface area contributed by atoms with E-state index in [1.54, 1.807) is 17.9 Å². The van der Waals surface area contributed by atoms with Gasteiger partial charge in [-0.15, -0.1) is 13.2 Å². The Morgan fingerprint density at radius 1 is 1.26 bits per heavy atom. The Morgan fingerprint density at radius 2 is 1.97 bits per heavy atom. The average molecular weight is 539 g/mol. The molecule has 3 aliphatic heterocycles. The van der Waals surface area contributed by atoms with Gasteiger partial charge in [-0.1, -0.05) is 49.4 Å². The van der Waals surface area contributed by atoms with Crippen molar-refractivity contribution in [1.82, 2.24) is 9.80 Å². The molecule has 39 heavy (non-hydrogen) atoms. The Balaban J connectivity index is 1.70. The minimum atomic E-state index is -1.19. The molecule has 3 heterocycles. The summed E-state index contributed by atoms with van der Waals surface area (Å²) in [7, 11) is 0. The molecule has 0 aliphatic carbocycles. The first-order valence-electron chi connectivity index (χ1n) is 14.0. The van der Waals surface area contributed by atoms with E-state index in [0.29, 0.717) is 19.4 Å². The van der Waals surface area contributed by atoms with Gasteiger partial charge in [-0.2, -0.15) is 0 Å². The van der Waals surface area contributed by atoms with E-state index >= 15 is 0 Å². The van der Waals surface area contributed by atoms with E-state index in [1.165, 1.54) is 4.90 Å². The number of likely N-dealkylation sites (tertiary alicyclic amines) is 1. The lowest BCUT2D eigenvalue weighted by Gasteiger charge is -2.38. The maximum Gasteiger partial charge on any atom is 0.312 e. The van der Waals surface area contributed by atoms with Gasteiger partial charge in [-0.25, -0.2) is 0 Å². The van der Waals surface area contributed by atoms with Gasteiger partial charge < -0.3 is 24.4 Å². The number of allylic oxidation sites excluding steroid dienone is 1. The van der Waals surface area contributed by atoms with Crippen LogP contribution in [0.3, 0.4) is 0 Å². The molecule has 4 rings (SSSR count). The molecule has 1 aromatic carbocycles. The topological polar surface area (TPSA) is 96.4 Å². The molecular weight excluding hydrogens is 496 g/mol. The van der Waals surface area contributed by atoms with Gasteiger partial charge in [0.05, 0.1) is 30.8 Å². The van der Waals surface area contributed by atoms with Gasteiger partial charge in [-0.3, -0.25) is 14.4 Å². The highest BCUT2D eigenvalue weighted by atomic mass is 16.6. The molecule has 212 valence electrons. The zero-order valence-corrected chi connectivity index (χ0v) is 23.4. The van der Waals surface area contributed by atoms with E-state index in [9.17, 15) is 19.5 Å². The second kappa shape index (κ2) is 11.6. The Labute approximate surface area is 231 Å². The van der Waals surface area contributed by atoms with E-state index in [2.05, 4.69) is 13.2 Å². The molecule has 2 bridgehead atoms. The van der Waals surface area contributed by atoms with Crippen LogP contribution in [-0.2, 0) is 30.4 Å². The van der Waals surface area contributed by atoms with Crippen LogP contribution in [0.4, 0.5) is 0 Å². The molecule has 3 saturated heterocycles. The molecular formula is C31H42N2O6. The van der Waals surface area contributed by atoms with Crippen LogP contribution in [0, 0.1) is 17.8 Å². The van der Waals surface area contributed by atoms with Crippen molar-refractivity contribution in [1.29, 1.82) is 0 Å². The van der Waals surface area contributed by atoms with Crippen LogP contribution in [0.1, 0.15) is 52.0 Å². The fourth-order valence-electron chi connectivity index (χ4n) is 6.89. The molecule has 1 aromatic rings. The molecule has 0 aromatic heterocycles. The molecule has 7 atom stereocenters. The molecule has 3 fully saturated rings. The van der Waals surface area contributed by atoms with Crippen molar-refractivity contribution in [2.75, 3.05) is 19.8 Å². The predicted octanol–water partition coefficient (Wildman–Crippen LogP) is 3.49. The van der Waals surface area contributed by atoms with Crippen LogP contribution in [0.15, 0.2) is 55.6 Å².